The topological polar surface area (TPSA) is 78.9 Å². The van der Waals surface area contributed by atoms with Gasteiger partial charge in [0.25, 0.3) is 5.91 Å². The number of thiophene rings is 1. The Morgan fingerprint density at radius 2 is 2.43 bits per heavy atom. The molecular weight excluding hydrogens is 286 g/mol. The third kappa shape index (κ3) is 2.57. The molecule has 1 atom stereocenters. The number of aryl methyl sites for hydroxylation is 1. The maximum absolute atomic E-state index is 12.1. The van der Waals surface area contributed by atoms with Gasteiger partial charge in [-0.25, -0.2) is 0 Å². The van der Waals surface area contributed by atoms with Gasteiger partial charge in [-0.2, -0.15) is 5.26 Å². The second-order valence-electron chi connectivity index (χ2n) is 5.45. The van der Waals surface area contributed by atoms with Gasteiger partial charge in [0.05, 0.1) is 11.3 Å². The SMILES string of the molecule is Cc1cc(C(=O)Nc2sc3c(c2C#N)CC[C@H](C)C3)on1. The molecular formula is C15H15N3O2S. The molecule has 6 heteroatoms. The number of carbonyl (C=O) groups is 1. The van der Waals surface area contributed by atoms with Crippen LogP contribution in [0.5, 0.6) is 0 Å². The molecule has 0 radical (unpaired) electrons. The van der Waals surface area contributed by atoms with E-state index in [2.05, 4.69) is 23.5 Å². The van der Waals surface area contributed by atoms with E-state index in [1.807, 2.05) is 0 Å². The lowest BCUT2D eigenvalue weighted by molar-refractivity contribution is 0.0988. The zero-order chi connectivity index (χ0) is 15.0. The molecule has 0 fully saturated rings. The summed E-state index contributed by atoms with van der Waals surface area (Å²) in [4.78, 5) is 13.3. The second kappa shape index (κ2) is 5.34. The van der Waals surface area contributed by atoms with Crippen LogP contribution in [0.2, 0.25) is 0 Å². The monoisotopic (exact) mass is 301 g/mol. The number of aromatic nitrogens is 1. The van der Waals surface area contributed by atoms with E-state index in [0.717, 1.165) is 24.8 Å². The zero-order valence-electron chi connectivity index (χ0n) is 11.9. The highest BCUT2D eigenvalue weighted by Crippen LogP contribution is 2.39. The number of nitrogens with one attached hydrogen (secondary N) is 1. The van der Waals surface area contributed by atoms with Crippen molar-refractivity contribution in [3.63, 3.8) is 0 Å². The van der Waals surface area contributed by atoms with Gasteiger partial charge in [-0.1, -0.05) is 12.1 Å². The third-order valence-electron chi connectivity index (χ3n) is 3.70. The van der Waals surface area contributed by atoms with Crippen LogP contribution >= 0.6 is 11.3 Å². The number of carbonyl (C=O) groups excluding carboxylic acids is 1. The largest absolute Gasteiger partial charge is 0.351 e. The molecule has 2 heterocycles. The number of fused-ring (bicyclic) bond motifs is 1. The van der Waals surface area contributed by atoms with Gasteiger partial charge in [0.15, 0.2) is 0 Å². The van der Waals surface area contributed by atoms with Gasteiger partial charge >= 0.3 is 0 Å². The first-order chi connectivity index (χ1) is 10.1. The van der Waals surface area contributed by atoms with Gasteiger partial charge in [-0.15, -0.1) is 11.3 Å². The minimum Gasteiger partial charge on any atom is -0.351 e. The average Bonchev–Trinajstić information content (AvgIpc) is 3.01. The Kier molecular flexibility index (Phi) is 3.52. The molecule has 1 N–H and O–H groups in total. The van der Waals surface area contributed by atoms with Gasteiger partial charge in [0.2, 0.25) is 5.76 Å². The van der Waals surface area contributed by atoms with Crippen LogP contribution in [0.4, 0.5) is 5.00 Å². The number of hydrogen-bond donors (Lipinski definition) is 1. The van der Waals surface area contributed by atoms with Crippen molar-refractivity contribution >= 4 is 22.2 Å². The number of anilines is 1. The Morgan fingerprint density at radius 1 is 1.62 bits per heavy atom. The molecule has 108 valence electrons. The van der Waals surface area contributed by atoms with Crippen molar-refractivity contribution < 1.29 is 9.32 Å². The molecule has 2 aromatic heterocycles. The fourth-order valence-corrected chi connectivity index (χ4v) is 3.95. The first-order valence-electron chi connectivity index (χ1n) is 6.87. The van der Waals surface area contributed by atoms with Gasteiger partial charge in [-0.05, 0) is 37.7 Å². The molecule has 0 saturated carbocycles. The molecule has 0 saturated heterocycles. The minimum absolute atomic E-state index is 0.163. The van der Waals surface area contributed by atoms with Crippen molar-refractivity contribution in [2.75, 3.05) is 5.32 Å². The third-order valence-corrected chi connectivity index (χ3v) is 4.87. The van der Waals surface area contributed by atoms with Gasteiger partial charge in [-0.3, -0.25) is 4.79 Å². The number of nitriles is 1. The molecule has 1 aliphatic carbocycles. The van der Waals surface area contributed by atoms with Crippen LogP contribution in [-0.4, -0.2) is 11.1 Å². The number of nitrogens with zero attached hydrogens (tertiary/aromatic N) is 2. The summed E-state index contributed by atoms with van der Waals surface area (Å²) < 4.78 is 4.95. The maximum atomic E-state index is 12.1. The Balaban J connectivity index is 1.89. The Hall–Kier alpha value is -2.13. The molecule has 5 nitrogen and oxygen atoms in total. The predicted octanol–water partition coefficient (Wildman–Crippen LogP) is 3.29. The first-order valence-corrected chi connectivity index (χ1v) is 7.69. The van der Waals surface area contributed by atoms with Crippen molar-refractivity contribution in [1.29, 1.82) is 5.26 Å². The number of amides is 1. The summed E-state index contributed by atoms with van der Waals surface area (Å²) >= 11 is 1.50. The average molecular weight is 301 g/mol. The molecule has 0 unspecified atom stereocenters. The van der Waals surface area contributed by atoms with Crippen LogP contribution in [0.25, 0.3) is 0 Å². The van der Waals surface area contributed by atoms with E-state index in [9.17, 15) is 10.1 Å². The maximum Gasteiger partial charge on any atom is 0.294 e. The van der Waals surface area contributed by atoms with Crippen LogP contribution in [-0.2, 0) is 12.8 Å². The molecule has 2 aromatic rings. The van der Waals surface area contributed by atoms with E-state index >= 15 is 0 Å². The van der Waals surface area contributed by atoms with Crippen LogP contribution in [0.1, 0.15) is 45.6 Å². The predicted molar refractivity (Wildman–Crippen MR) is 79.4 cm³/mol. The molecule has 0 aromatic carbocycles. The van der Waals surface area contributed by atoms with Crippen molar-refractivity contribution in [2.45, 2.75) is 33.1 Å². The van der Waals surface area contributed by atoms with Crippen LogP contribution in [0.3, 0.4) is 0 Å². The Bertz CT molecular complexity index is 739. The number of hydrogen-bond acceptors (Lipinski definition) is 5. The highest BCUT2D eigenvalue weighted by Gasteiger charge is 2.25. The van der Waals surface area contributed by atoms with E-state index in [1.165, 1.54) is 16.2 Å². The van der Waals surface area contributed by atoms with Crippen molar-refractivity contribution in [1.82, 2.24) is 5.16 Å². The van der Waals surface area contributed by atoms with Gasteiger partial charge in [0.1, 0.15) is 11.1 Å². The highest BCUT2D eigenvalue weighted by atomic mass is 32.1. The van der Waals surface area contributed by atoms with Crippen molar-refractivity contribution in [3.05, 3.63) is 33.5 Å². The van der Waals surface area contributed by atoms with Gasteiger partial charge in [0, 0.05) is 10.9 Å². The molecule has 1 amide bonds. The fraction of sp³-hybridized carbons (Fsp3) is 0.400. The van der Waals surface area contributed by atoms with E-state index in [1.54, 1.807) is 13.0 Å². The van der Waals surface area contributed by atoms with Gasteiger partial charge < -0.3 is 9.84 Å². The quantitative estimate of drug-likeness (QED) is 0.923. The summed E-state index contributed by atoms with van der Waals surface area (Å²) in [6.45, 7) is 3.97. The standard InChI is InChI=1S/C15H15N3O2S/c1-8-3-4-10-11(7-16)15(21-13(10)5-8)17-14(19)12-6-9(2)18-20-12/h6,8H,3-5H2,1-2H3,(H,17,19)/t8-/m0/s1. The summed E-state index contributed by atoms with van der Waals surface area (Å²) in [6.07, 6.45) is 2.98. The van der Waals surface area contributed by atoms with E-state index in [0.29, 0.717) is 22.2 Å². The molecule has 3 rings (SSSR count). The summed E-state index contributed by atoms with van der Waals surface area (Å²) in [6, 6.07) is 3.81. The second-order valence-corrected chi connectivity index (χ2v) is 6.56. The lowest BCUT2D eigenvalue weighted by atomic mass is 9.89. The molecule has 1 aliphatic rings. The smallest absolute Gasteiger partial charge is 0.294 e. The lowest BCUT2D eigenvalue weighted by Gasteiger charge is -2.17. The minimum atomic E-state index is -0.362. The fourth-order valence-electron chi connectivity index (χ4n) is 2.59. The normalized spacial score (nSPS) is 17.1. The van der Waals surface area contributed by atoms with Crippen LogP contribution in [0.15, 0.2) is 10.6 Å². The highest BCUT2D eigenvalue weighted by molar-refractivity contribution is 7.16. The Morgan fingerprint density at radius 3 is 3.10 bits per heavy atom. The van der Waals surface area contributed by atoms with E-state index in [4.69, 9.17) is 4.52 Å². The summed E-state index contributed by atoms with van der Waals surface area (Å²) in [5.41, 5.74) is 2.36. The summed E-state index contributed by atoms with van der Waals surface area (Å²) in [7, 11) is 0. The summed E-state index contributed by atoms with van der Waals surface area (Å²) in [5, 5.41) is 16.5. The van der Waals surface area contributed by atoms with E-state index < -0.39 is 0 Å². The van der Waals surface area contributed by atoms with Crippen LogP contribution in [0, 0.1) is 24.2 Å². The summed E-state index contributed by atoms with van der Waals surface area (Å²) in [5.74, 6) is 0.429. The lowest BCUT2D eigenvalue weighted by Crippen LogP contribution is -2.11. The van der Waals surface area contributed by atoms with Crippen LogP contribution < -0.4 is 5.32 Å². The van der Waals surface area contributed by atoms with Crippen molar-refractivity contribution in [2.24, 2.45) is 5.92 Å². The molecule has 21 heavy (non-hydrogen) atoms. The van der Waals surface area contributed by atoms with Crippen molar-refractivity contribution in [3.8, 4) is 6.07 Å². The Labute approximate surface area is 126 Å². The van der Waals surface area contributed by atoms with E-state index in [-0.39, 0.29) is 11.7 Å². The number of rotatable bonds is 2. The first kappa shape index (κ1) is 13.8. The molecule has 0 spiro atoms. The molecule has 0 aliphatic heterocycles. The zero-order valence-corrected chi connectivity index (χ0v) is 12.7. The molecule has 0 bridgehead atoms.